The number of amides is 2. The summed E-state index contributed by atoms with van der Waals surface area (Å²) in [4.78, 5) is 29.4. The zero-order valence-corrected chi connectivity index (χ0v) is 22.5. The summed E-state index contributed by atoms with van der Waals surface area (Å²) >= 11 is 0. The van der Waals surface area contributed by atoms with Crippen molar-refractivity contribution in [3.8, 4) is 5.75 Å². The first-order valence-corrected chi connectivity index (χ1v) is 14.1. The van der Waals surface area contributed by atoms with Gasteiger partial charge in [-0.25, -0.2) is 13.6 Å². The van der Waals surface area contributed by atoms with Gasteiger partial charge in [0.1, 0.15) is 11.5 Å². The number of hydrogen-bond acceptors (Lipinski definition) is 8. The number of carbonyl (C=O) groups is 2. The number of methoxy groups -OCH3 is 1. The highest BCUT2D eigenvalue weighted by Crippen LogP contribution is 2.25. The Hall–Kier alpha value is -3.87. The molecule has 3 aromatic rings. The number of furan rings is 1. The largest absolute Gasteiger partial charge is 0.497 e. The normalized spacial score (nSPS) is 15.0. The topological polar surface area (TPSA) is 147 Å². The molecule has 39 heavy (non-hydrogen) atoms. The number of carbonyl (C=O) groups excluding carboxylic acids is 2. The Balaban J connectivity index is 1.26. The van der Waals surface area contributed by atoms with Crippen LogP contribution in [-0.2, 0) is 26.0 Å². The second-order valence-electron chi connectivity index (χ2n) is 9.16. The van der Waals surface area contributed by atoms with Crippen LogP contribution in [0.3, 0.4) is 0 Å². The first-order chi connectivity index (χ1) is 18.7. The Morgan fingerprint density at radius 1 is 0.974 bits per heavy atom. The molecule has 0 bridgehead atoms. The third-order valence-electron chi connectivity index (χ3n) is 6.68. The summed E-state index contributed by atoms with van der Waals surface area (Å²) in [7, 11) is -2.12. The van der Waals surface area contributed by atoms with Gasteiger partial charge in [-0.15, -0.1) is 0 Å². The number of primary sulfonamides is 1. The minimum Gasteiger partial charge on any atom is -0.497 e. The van der Waals surface area contributed by atoms with Gasteiger partial charge in [-0.05, 0) is 60.5 Å². The number of piperazine rings is 1. The number of sulfonamides is 1. The molecule has 0 radical (unpaired) electrons. The van der Waals surface area contributed by atoms with Gasteiger partial charge in [0.15, 0.2) is 0 Å². The van der Waals surface area contributed by atoms with E-state index < -0.39 is 21.8 Å². The molecule has 11 nitrogen and oxygen atoms in total. The van der Waals surface area contributed by atoms with Crippen LogP contribution in [0.5, 0.6) is 5.75 Å². The highest BCUT2D eigenvalue weighted by molar-refractivity contribution is 7.89. The van der Waals surface area contributed by atoms with Gasteiger partial charge in [-0.1, -0.05) is 12.1 Å². The van der Waals surface area contributed by atoms with Crippen molar-refractivity contribution < 1.29 is 27.2 Å². The molecule has 12 heteroatoms. The van der Waals surface area contributed by atoms with E-state index in [1.807, 2.05) is 30.3 Å². The standard InChI is InChI=1S/C27H33N5O6S/c1-37-22-8-6-21(7-9-22)31-14-16-32(17-15-31)24(25-3-2-18-38-25)19-30-27(34)26(33)29-13-12-20-4-10-23(11-5-20)39(28,35)36/h2-11,18,24H,12-17,19H2,1H3,(H,29,33)(H,30,34)(H2,28,35,36)/t24-/m0/s1. The lowest BCUT2D eigenvalue weighted by molar-refractivity contribution is -0.139. The first-order valence-electron chi connectivity index (χ1n) is 12.6. The molecule has 1 atom stereocenters. The summed E-state index contributed by atoms with van der Waals surface area (Å²) in [5.41, 5.74) is 1.92. The van der Waals surface area contributed by atoms with Crippen LogP contribution in [0, 0.1) is 0 Å². The molecule has 2 aromatic carbocycles. The Bertz CT molecular complexity index is 1340. The first kappa shape index (κ1) is 28.1. The van der Waals surface area contributed by atoms with Gasteiger partial charge in [-0.3, -0.25) is 14.5 Å². The minimum absolute atomic E-state index is 0.0166. The minimum atomic E-state index is -3.76. The Morgan fingerprint density at radius 3 is 2.23 bits per heavy atom. The second-order valence-corrected chi connectivity index (χ2v) is 10.7. The number of nitrogens with one attached hydrogen (secondary N) is 2. The maximum Gasteiger partial charge on any atom is 0.309 e. The van der Waals surface area contributed by atoms with E-state index >= 15 is 0 Å². The average molecular weight is 556 g/mol. The van der Waals surface area contributed by atoms with E-state index in [1.54, 1.807) is 31.6 Å². The quantitative estimate of drug-likeness (QED) is 0.317. The lowest BCUT2D eigenvalue weighted by atomic mass is 10.1. The van der Waals surface area contributed by atoms with Crippen molar-refractivity contribution in [3.63, 3.8) is 0 Å². The van der Waals surface area contributed by atoms with Crippen LogP contribution in [0.15, 0.2) is 76.2 Å². The second kappa shape index (κ2) is 12.8. The maximum absolute atomic E-state index is 12.5. The number of anilines is 1. The van der Waals surface area contributed by atoms with E-state index in [0.29, 0.717) is 6.42 Å². The summed E-state index contributed by atoms with van der Waals surface area (Å²) in [5.74, 6) is 0.0667. The van der Waals surface area contributed by atoms with Gasteiger partial charge in [0, 0.05) is 45.0 Å². The number of rotatable bonds is 10. The predicted molar refractivity (Wildman–Crippen MR) is 146 cm³/mol. The van der Waals surface area contributed by atoms with Crippen LogP contribution in [0.1, 0.15) is 17.4 Å². The Labute approximate surface area is 228 Å². The molecule has 2 heterocycles. The summed E-state index contributed by atoms with van der Waals surface area (Å²) < 4.78 is 33.6. The number of ether oxygens (including phenoxy) is 1. The van der Waals surface area contributed by atoms with Gasteiger partial charge in [0.05, 0.1) is 24.3 Å². The molecule has 4 rings (SSSR count). The molecule has 1 aromatic heterocycles. The summed E-state index contributed by atoms with van der Waals surface area (Å²) in [5, 5.41) is 10.4. The van der Waals surface area contributed by atoms with Gasteiger partial charge >= 0.3 is 11.8 Å². The van der Waals surface area contributed by atoms with Crippen molar-refractivity contribution in [2.75, 3.05) is 51.3 Å². The fourth-order valence-electron chi connectivity index (χ4n) is 4.49. The van der Waals surface area contributed by atoms with Crippen molar-refractivity contribution in [1.82, 2.24) is 15.5 Å². The fourth-order valence-corrected chi connectivity index (χ4v) is 5.01. The number of nitrogens with two attached hydrogens (primary N) is 1. The number of hydrogen-bond donors (Lipinski definition) is 3. The lowest BCUT2D eigenvalue weighted by Gasteiger charge is -2.39. The molecular weight excluding hydrogens is 522 g/mol. The van der Waals surface area contributed by atoms with Gasteiger partial charge in [-0.2, -0.15) is 0 Å². The summed E-state index contributed by atoms with van der Waals surface area (Å²) in [6, 6.07) is 17.5. The monoisotopic (exact) mass is 555 g/mol. The average Bonchev–Trinajstić information content (AvgIpc) is 3.48. The van der Waals surface area contributed by atoms with Gasteiger partial charge in [0.25, 0.3) is 0 Å². The van der Waals surface area contributed by atoms with E-state index in [4.69, 9.17) is 14.3 Å². The van der Waals surface area contributed by atoms with E-state index in [0.717, 1.165) is 48.9 Å². The molecule has 1 aliphatic rings. The van der Waals surface area contributed by atoms with E-state index in [-0.39, 0.29) is 24.0 Å². The highest BCUT2D eigenvalue weighted by Gasteiger charge is 2.28. The molecule has 1 aliphatic heterocycles. The lowest BCUT2D eigenvalue weighted by Crippen LogP contribution is -2.50. The van der Waals surface area contributed by atoms with E-state index in [9.17, 15) is 18.0 Å². The Kier molecular flexibility index (Phi) is 9.23. The molecular formula is C27H33N5O6S. The van der Waals surface area contributed by atoms with Crippen molar-refractivity contribution in [2.24, 2.45) is 5.14 Å². The molecule has 4 N–H and O–H groups in total. The zero-order chi connectivity index (χ0) is 27.8. The molecule has 0 unspecified atom stereocenters. The predicted octanol–water partition coefficient (Wildman–Crippen LogP) is 1.27. The zero-order valence-electron chi connectivity index (χ0n) is 21.7. The van der Waals surface area contributed by atoms with E-state index in [1.165, 1.54) is 12.1 Å². The summed E-state index contributed by atoms with van der Waals surface area (Å²) in [6.45, 7) is 3.55. The van der Waals surface area contributed by atoms with Crippen LogP contribution in [0.2, 0.25) is 0 Å². The molecule has 1 saturated heterocycles. The summed E-state index contributed by atoms with van der Waals surface area (Å²) in [6.07, 6.45) is 2.03. The van der Waals surface area contributed by atoms with Crippen LogP contribution in [0.25, 0.3) is 0 Å². The van der Waals surface area contributed by atoms with E-state index in [2.05, 4.69) is 20.4 Å². The third-order valence-corrected chi connectivity index (χ3v) is 7.61. The number of benzene rings is 2. The number of nitrogens with zero attached hydrogens (tertiary/aromatic N) is 2. The molecule has 1 fully saturated rings. The Morgan fingerprint density at radius 2 is 1.64 bits per heavy atom. The highest BCUT2D eigenvalue weighted by atomic mass is 32.2. The SMILES string of the molecule is COc1ccc(N2CCN([C@@H](CNC(=O)C(=O)NCCc3ccc(S(N)(=O)=O)cc3)c3ccco3)CC2)cc1. The smallest absolute Gasteiger partial charge is 0.309 e. The van der Waals surface area contributed by atoms with Crippen LogP contribution >= 0.6 is 0 Å². The van der Waals surface area contributed by atoms with Crippen molar-refractivity contribution in [1.29, 1.82) is 0 Å². The van der Waals surface area contributed by atoms with Crippen molar-refractivity contribution >= 4 is 27.5 Å². The molecule has 0 saturated carbocycles. The molecule has 0 spiro atoms. The molecule has 2 amide bonds. The maximum atomic E-state index is 12.5. The van der Waals surface area contributed by atoms with Crippen LogP contribution in [-0.4, -0.2) is 71.5 Å². The molecule has 208 valence electrons. The van der Waals surface area contributed by atoms with Crippen molar-refractivity contribution in [2.45, 2.75) is 17.4 Å². The fraction of sp³-hybridized carbons (Fsp3) is 0.333. The van der Waals surface area contributed by atoms with Gasteiger partial charge in [0.2, 0.25) is 10.0 Å². The molecule has 0 aliphatic carbocycles. The van der Waals surface area contributed by atoms with Gasteiger partial charge < -0.3 is 24.7 Å². The third kappa shape index (κ3) is 7.59. The van der Waals surface area contributed by atoms with Crippen molar-refractivity contribution in [3.05, 3.63) is 78.3 Å². The van der Waals surface area contributed by atoms with Crippen LogP contribution in [0.4, 0.5) is 5.69 Å². The van der Waals surface area contributed by atoms with Crippen LogP contribution < -0.4 is 25.4 Å².